The third-order valence-corrected chi connectivity index (χ3v) is 11.4. The number of hydrogen-bond acceptors (Lipinski definition) is 7. The van der Waals surface area contributed by atoms with Crippen LogP contribution in [0.1, 0.15) is 104 Å². The number of ether oxygens (including phenoxy) is 1. The normalized spacial score (nSPS) is 22.4. The second kappa shape index (κ2) is 12.4. The third kappa shape index (κ3) is 5.69. The van der Waals surface area contributed by atoms with Crippen molar-refractivity contribution in [2.45, 2.75) is 101 Å². The van der Waals surface area contributed by atoms with E-state index in [0.717, 1.165) is 78.0 Å². The van der Waals surface area contributed by atoms with E-state index in [-0.39, 0.29) is 42.1 Å². The van der Waals surface area contributed by atoms with Crippen molar-refractivity contribution < 1.29 is 14.3 Å². The van der Waals surface area contributed by atoms with Crippen molar-refractivity contribution in [1.82, 2.24) is 39.5 Å². The smallest absolute Gasteiger partial charge is 0.315 e. The number of nitrogens with two attached hydrogens (primary N) is 1. The summed E-state index contributed by atoms with van der Waals surface area (Å²) in [6.45, 7) is 4.74. The highest BCUT2D eigenvalue weighted by Crippen LogP contribution is 2.47. The number of urea groups is 1. The first-order valence-electron chi connectivity index (χ1n) is 18.4. The van der Waals surface area contributed by atoms with Crippen LogP contribution in [0.15, 0.2) is 54.9 Å². The molecule has 5 aromatic heterocycles. The number of carbonyl (C=O) groups excluding carboxylic acids is 2. The Bertz CT molecular complexity index is 2150. The molecule has 1 unspecified atom stereocenters. The molecule has 4 aliphatic rings. The van der Waals surface area contributed by atoms with E-state index in [0.29, 0.717) is 28.9 Å². The number of imidazole rings is 1. The average Bonchev–Trinajstić information content (AvgIpc) is 4.01. The van der Waals surface area contributed by atoms with E-state index in [1.165, 1.54) is 12.8 Å². The second-order valence-corrected chi connectivity index (χ2v) is 15.1. The standard InChI is InChI=1S/C39H45N9O3/c1-21(26-5-4-14-41-19-26)42-39(50)43-22(2)30-12-10-25-15-32(46(37(25)44-30)20-23-6-7-23)35-36(24-8-9-24)48-33(45-35)16-27(17-34(48)51-3)38(49)47-28-11-13-31(47)29(40)18-28/h4-5,10,12,14-17,19,21-24,28-29,31H,6-9,11,13,18,20,40H2,1-3H3,(H2,42,43,50)/t21-,22+,28-,29+,31?/m0/s1. The summed E-state index contributed by atoms with van der Waals surface area (Å²) in [5, 5.41) is 7.11. The molecule has 5 atom stereocenters. The van der Waals surface area contributed by atoms with Crippen molar-refractivity contribution in [3.05, 3.63) is 77.4 Å². The van der Waals surface area contributed by atoms with Crippen LogP contribution < -0.4 is 21.1 Å². The van der Waals surface area contributed by atoms with Crippen LogP contribution in [0.5, 0.6) is 5.88 Å². The molecular weight excluding hydrogens is 642 g/mol. The Morgan fingerprint density at radius 1 is 1.00 bits per heavy atom. The molecule has 7 heterocycles. The van der Waals surface area contributed by atoms with Gasteiger partial charge in [-0.15, -0.1) is 0 Å². The largest absolute Gasteiger partial charge is 0.482 e. The van der Waals surface area contributed by atoms with Gasteiger partial charge in [0.2, 0.25) is 0 Å². The van der Waals surface area contributed by atoms with Gasteiger partial charge in [-0.1, -0.05) is 6.07 Å². The Hall–Kier alpha value is -4.97. The predicted octanol–water partition coefficient (Wildman–Crippen LogP) is 5.87. The van der Waals surface area contributed by atoms with E-state index in [1.807, 2.05) is 49.1 Å². The Kier molecular flexibility index (Phi) is 7.75. The molecule has 0 spiro atoms. The summed E-state index contributed by atoms with van der Waals surface area (Å²) in [5.74, 6) is 1.57. The highest BCUT2D eigenvalue weighted by molar-refractivity contribution is 5.97. The van der Waals surface area contributed by atoms with E-state index in [1.54, 1.807) is 19.5 Å². The molecule has 2 saturated heterocycles. The molecule has 3 amide bonds. The summed E-state index contributed by atoms with van der Waals surface area (Å²) in [6, 6.07) is 13.5. The Morgan fingerprint density at radius 2 is 1.82 bits per heavy atom. The fourth-order valence-electron chi connectivity index (χ4n) is 8.40. The maximum Gasteiger partial charge on any atom is 0.315 e. The van der Waals surface area contributed by atoms with E-state index >= 15 is 0 Å². The quantitative estimate of drug-likeness (QED) is 0.167. The average molecular weight is 688 g/mol. The number of pyridine rings is 3. The van der Waals surface area contributed by atoms with E-state index in [4.69, 9.17) is 20.4 Å². The lowest BCUT2D eigenvalue weighted by molar-refractivity contribution is 0.0726. The Morgan fingerprint density at radius 3 is 2.51 bits per heavy atom. The number of rotatable bonds is 10. The monoisotopic (exact) mass is 687 g/mol. The van der Waals surface area contributed by atoms with Crippen molar-refractivity contribution in [1.29, 1.82) is 0 Å². The second-order valence-electron chi connectivity index (χ2n) is 15.1. The number of hydrogen-bond donors (Lipinski definition) is 3. The lowest BCUT2D eigenvalue weighted by Gasteiger charge is -2.23. The zero-order valence-corrected chi connectivity index (χ0v) is 29.4. The number of carbonyl (C=O) groups is 2. The zero-order valence-electron chi connectivity index (χ0n) is 29.4. The fraction of sp³-hybridized carbons (Fsp3) is 0.462. The molecule has 4 N–H and O–H groups in total. The van der Waals surface area contributed by atoms with Crippen molar-refractivity contribution in [3.63, 3.8) is 0 Å². The lowest BCUT2D eigenvalue weighted by atomic mass is 9.97. The van der Waals surface area contributed by atoms with Gasteiger partial charge in [-0.05, 0) is 101 Å². The van der Waals surface area contributed by atoms with Crippen molar-refractivity contribution >= 4 is 28.6 Å². The summed E-state index contributed by atoms with van der Waals surface area (Å²) in [4.78, 5) is 43.6. The molecular formula is C39H45N9O3. The minimum atomic E-state index is -0.318. The van der Waals surface area contributed by atoms with Gasteiger partial charge in [0.05, 0.1) is 36.3 Å². The van der Waals surface area contributed by atoms with Gasteiger partial charge in [0.25, 0.3) is 5.91 Å². The number of nitrogens with one attached hydrogen (secondary N) is 2. The van der Waals surface area contributed by atoms with Crippen LogP contribution in [0.2, 0.25) is 0 Å². The first kappa shape index (κ1) is 32.0. The summed E-state index contributed by atoms with van der Waals surface area (Å²) in [5.41, 5.74) is 13.4. The van der Waals surface area contributed by atoms with E-state index in [2.05, 4.69) is 36.7 Å². The minimum absolute atomic E-state index is 0.0105. The number of fused-ring (bicyclic) bond motifs is 4. The van der Waals surface area contributed by atoms with Gasteiger partial charge in [0.1, 0.15) is 17.0 Å². The molecule has 5 aromatic rings. The van der Waals surface area contributed by atoms with Gasteiger partial charge >= 0.3 is 6.03 Å². The summed E-state index contributed by atoms with van der Waals surface area (Å²) >= 11 is 0. The van der Waals surface area contributed by atoms with Gasteiger partial charge in [-0.3, -0.25) is 14.2 Å². The summed E-state index contributed by atoms with van der Waals surface area (Å²) in [6.07, 6.45) is 10.9. The van der Waals surface area contributed by atoms with Gasteiger partial charge in [-0.2, -0.15) is 0 Å². The first-order valence-corrected chi connectivity index (χ1v) is 18.4. The highest BCUT2D eigenvalue weighted by Gasteiger charge is 2.47. The summed E-state index contributed by atoms with van der Waals surface area (Å²) in [7, 11) is 1.67. The van der Waals surface area contributed by atoms with Crippen LogP contribution in [-0.2, 0) is 6.54 Å². The van der Waals surface area contributed by atoms with Gasteiger partial charge in [0, 0.05) is 60.0 Å². The third-order valence-electron chi connectivity index (χ3n) is 11.4. The topological polar surface area (TPSA) is 145 Å². The van der Waals surface area contributed by atoms with Crippen LogP contribution >= 0.6 is 0 Å². The van der Waals surface area contributed by atoms with Crippen LogP contribution in [0.4, 0.5) is 4.79 Å². The fourth-order valence-corrected chi connectivity index (χ4v) is 8.40. The van der Waals surface area contributed by atoms with Crippen molar-refractivity contribution in [2.24, 2.45) is 11.7 Å². The first-order chi connectivity index (χ1) is 24.8. The van der Waals surface area contributed by atoms with Crippen LogP contribution in [-0.4, -0.2) is 66.0 Å². The highest BCUT2D eigenvalue weighted by atomic mass is 16.5. The molecule has 264 valence electrons. The lowest BCUT2D eigenvalue weighted by Crippen LogP contribution is -2.40. The maximum absolute atomic E-state index is 14.0. The number of nitrogens with zero attached hydrogens (tertiary/aromatic N) is 6. The molecule has 2 saturated carbocycles. The van der Waals surface area contributed by atoms with E-state index < -0.39 is 0 Å². The molecule has 9 rings (SSSR count). The summed E-state index contributed by atoms with van der Waals surface area (Å²) < 4.78 is 10.4. The number of amides is 3. The SMILES string of the molecule is COc1cc(C(=O)N2C3CC[C@H]2C[C@H]3N)cc2nc(-c3cc4ccc([C@@H](C)NC(=O)N[C@@H](C)c5cccnc5)nc4n3CC3CC3)c(C3CC3)n12. The molecule has 2 bridgehead atoms. The van der Waals surface area contributed by atoms with Crippen molar-refractivity contribution in [2.75, 3.05) is 7.11 Å². The molecule has 12 heteroatoms. The molecule has 2 aliphatic carbocycles. The molecule has 2 aliphatic heterocycles. The number of methoxy groups -OCH3 is 1. The zero-order chi connectivity index (χ0) is 35.0. The van der Waals surface area contributed by atoms with Crippen molar-refractivity contribution in [3.8, 4) is 17.3 Å². The van der Waals surface area contributed by atoms with E-state index in [9.17, 15) is 9.59 Å². The van der Waals surface area contributed by atoms with Gasteiger partial charge in [-0.25, -0.2) is 14.8 Å². The molecule has 0 radical (unpaired) electrons. The van der Waals surface area contributed by atoms with Crippen LogP contribution in [0.3, 0.4) is 0 Å². The van der Waals surface area contributed by atoms with Crippen LogP contribution in [0, 0.1) is 5.92 Å². The Balaban J connectivity index is 1.07. The molecule has 0 aromatic carbocycles. The number of aromatic nitrogens is 5. The molecule has 12 nitrogen and oxygen atoms in total. The molecule has 4 fully saturated rings. The van der Waals surface area contributed by atoms with Gasteiger partial charge < -0.3 is 30.6 Å². The molecule has 51 heavy (non-hydrogen) atoms. The van der Waals surface area contributed by atoms with Gasteiger partial charge in [0.15, 0.2) is 5.88 Å². The Labute approximate surface area is 296 Å². The predicted molar refractivity (Wildman–Crippen MR) is 193 cm³/mol. The maximum atomic E-state index is 14.0. The van der Waals surface area contributed by atoms with Crippen LogP contribution in [0.25, 0.3) is 28.1 Å². The minimum Gasteiger partial charge on any atom is -0.482 e.